The van der Waals surface area contributed by atoms with E-state index >= 15 is 0 Å². The fraction of sp³-hybridized carbons (Fsp3) is 0. The largest absolute Gasteiger partial charge is 0.415 e. The number of para-hydroxylation sites is 1. The molecule has 0 spiro atoms. The van der Waals surface area contributed by atoms with Crippen LogP contribution in [0.5, 0.6) is 11.8 Å². The lowest BCUT2D eigenvalue weighted by atomic mass is 10.3. The number of nitrogens with zero attached hydrogens (tertiary/aromatic N) is 4. The van der Waals surface area contributed by atoms with Crippen molar-refractivity contribution in [3.63, 3.8) is 0 Å². The van der Waals surface area contributed by atoms with E-state index < -0.39 is 4.92 Å². The first-order valence-electron chi connectivity index (χ1n) is 4.95. The Morgan fingerprint density at radius 1 is 1.42 bits per heavy atom. The lowest BCUT2D eigenvalue weighted by molar-refractivity contribution is -0.385. The van der Waals surface area contributed by atoms with Crippen LogP contribution in [-0.4, -0.2) is 14.9 Å². The smallest absolute Gasteiger partial charge is 0.323 e. The van der Waals surface area contributed by atoms with Gasteiger partial charge in [-0.15, -0.1) is 0 Å². The number of hydrogen-bond donors (Lipinski definition) is 0. The molecule has 1 aromatic carbocycles. The van der Waals surface area contributed by atoms with Crippen molar-refractivity contribution < 1.29 is 9.66 Å². The van der Waals surface area contributed by atoms with Crippen LogP contribution in [0.4, 0.5) is 5.69 Å². The van der Waals surface area contributed by atoms with E-state index in [2.05, 4.69) is 9.97 Å². The standard InChI is InChI=1S/C11H5ClN4O3/c12-8-2-1-3-9(16(17)18)10(8)19-11-14-5-4-7(6-13)15-11/h1-5H. The van der Waals surface area contributed by atoms with Crippen molar-refractivity contribution in [3.8, 4) is 17.8 Å². The van der Waals surface area contributed by atoms with Gasteiger partial charge in [0.2, 0.25) is 5.75 Å². The molecular formula is C11H5ClN4O3. The highest BCUT2D eigenvalue weighted by molar-refractivity contribution is 6.32. The second kappa shape index (κ2) is 5.29. The number of aromatic nitrogens is 2. The Bertz CT molecular complexity index is 684. The van der Waals surface area contributed by atoms with E-state index in [1.54, 1.807) is 0 Å². The second-order valence-corrected chi connectivity index (χ2v) is 3.69. The van der Waals surface area contributed by atoms with Crippen LogP contribution >= 0.6 is 11.6 Å². The topological polar surface area (TPSA) is 102 Å². The summed E-state index contributed by atoms with van der Waals surface area (Å²) in [5.74, 6) is -0.163. The number of ether oxygens (including phenoxy) is 1. The normalized spacial score (nSPS) is 9.68. The molecule has 0 bridgehead atoms. The summed E-state index contributed by atoms with van der Waals surface area (Å²) in [6, 6.07) is 7.12. The first-order valence-corrected chi connectivity index (χ1v) is 5.33. The minimum absolute atomic E-state index is 0.0557. The second-order valence-electron chi connectivity index (χ2n) is 3.28. The molecule has 0 amide bonds. The number of rotatable bonds is 3. The van der Waals surface area contributed by atoms with Crippen LogP contribution in [-0.2, 0) is 0 Å². The monoisotopic (exact) mass is 276 g/mol. The van der Waals surface area contributed by atoms with Crippen LogP contribution in [0.1, 0.15) is 5.69 Å². The van der Waals surface area contributed by atoms with Crippen LogP contribution in [0.2, 0.25) is 5.02 Å². The van der Waals surface area contributed by atoms with Gasteiger partial charge in [-0.25, -0.2) is 4.98 Å². The van der Waals surface area contributed by atoms with E-state index in [0.717, 1.165) is 0 Å². The summed E-state index contributed by atoms with van der Waals surface area (Å²) in [4.78, 5) is 17.7. The van der Waals surface area contributed by atoms with Crippen LogP contribution in [0.15, 0.2) is 30.5 Å². The number of nitro groups is 1. The highest BCUT2D eigenvalue weighted by atomic mass is 35.5. The molecule has 19 heavy (non-hydrogen) atoms. The Hall–Kier alpha value is -2.72. The molecule has 0 aliphatic carbocycles. The van der Waals surface area contributed by atoms with Gasteiger partial charge in [0.25, 0.3) is 0 Å². The average molecular weight is 277 g/mol. The SMILES string of the molecule is N#Cc1ccnc(Oc2c(Cl)cccc2[N+](=O)[O-])n1. The van der Waals surface area contributed by atoms with E-state index in [0.29, 0.717) is 0 Å². The van der Waals surface area contributed by atoms with Crippen LogP contribution in [0.3, 0.4) is 0 Å². The number of hydrogen-bond acceptors (Lipinski definition) is 6. The minimum atomic E-state index is -0.630. The molecule has 94 valence electrons. The predicted octanol–water partition coefficient (Wildman–Crippen LogP) is 2.70. The third kappa shape index (κ3) is 2.75. The van der Waals surface area contributed by atoms with Gasteiger partial charge in [-0.2, -0.15) is 10.2 Å². The molecule has 0 atom stereocenters. The lowest BCUT2D eigenvalue weighted by Gasteiger charge is -2.05. The van der Waals surface area contributed by atoms with Gasteiger partial charge >= 0.3 is 11.7 Å². The summed E-state index contributed by atoms with van der Waals surface area (Å²) in [5, 5.41) is 19.6. The summed E-state index contributed by atoms with van der Waals surface area (Å²) in [6.07, 6.45) is 1.31. The Morgan fingerprint density at radius 3 is 2.89 bits per heavy atom. The Balaban J connectivity index is 2.43. The summed E-state index contributed by atoms with van der Waals surface area (Å²) in [5.41, 5.74) is -0.224. The predicted molar refractivity (Wildman–Crippen MR) is 64.9 cm³/mol. The van der Waals surface area contributed by atoms with E-state index in [1.807, 2.05) is 6.07 Å². The first kappa shape index (κ1) is 12.7. The molecule has 8 heteroatoms. The van der Waals surface area contributed by atoms with Crippen LogP contribution < -0.4 is 4.74 Å². The molecule has 1 heterocycles. The fourth-order valence-corrected chi connectivity index (χ4v) is 1.49. The maximum atomic E-state index is 10.9. The molecular weight excluding hydrogens is 272 g/mol. The molecule has 2 aromatic rings. The van der Waals surface area contributed by atoms with Gasteiger partial charge in [0.1, 0.15) is 11.8 Å². The molecule has 0 saturated carbocycles. The van der Waals surface area contributed by atoms with Crippen molar-refractivity contribution in [2.45, 2.75) is 0 Å². The third-order valence-corrected chi connectivity index (χ3v) is 2.38. The first-order chi connectivity index (χ1) is 9.11. The Morgan fingerprint density at radius 2 is 2.21 bits per heavy atom. The van der Waals surface area contributed by atoms with Crippen molar-refractivity contribution >= 4 is 17.3 Å². The number of nitro benzene ring substituents is 1. The van der Waals surface area contributed by atoms with Crippen LogP contribution in [0.25, 0.3) is 0 Å². The zero-order valence-corrected chi connectivity index (χ0v) is 10.0. The van der Waals surface area contributed by atoms with Crippen LogP contribution in [0, 0.1) is 21.4 Å². The van der Waals surface area contributed by atoms with E-state index in [4.69, 9.17) is 21.6 Å². The maximum absolute atomic E-state index is 10.9. The fourth-order valence-electron chi connectivity index (χ4n) is 1.29. The molecule has 0 N–H and O–H groups in total. The number of halogens is 1. The van der Waals surface area contributed by atoms with Crippen molar-refractivity contribution in [2.24, 2.45) is 0 Å². The Labute approximate surface area is 112 Å². The molecule has 0 aliphatic heterocycles. The van der Waals surface area contributed by atoms with Gasteiger partial charge in [0.15, 0.2) is 0 Å². The van der Waals surface area contributed by atoms with Gasteiger partial charge in [-0.05, 0) is 12.1 Å². The molecule has 0 fully saturated rings. The van der Waals surface area contributed by atoms with Gasteiger partial charge < -0.3 is 4.74 Å². The van der Waals surface area contributed by atoms with E-state index in [9.17, 15) is 10.1 Å². The number of benzene rings is 1. The molecule has 0 radical (unpaired) electrons. The third-order valence-electron chi connectivity index (χ3n) is 2.08. The van der Waals surface area contributed by atoms with Gasteiger partial charge in [0, 0.05) is 12.3 Å². The number of nitriles is 1. The molecule has 0 unspecified atom stereocenters. The van der Waals surface area contributed by atoms with Crippen molar-refractivity contribution in [1.82, 2.24) is 9.97 Å². The highest BCUT2D eigenvalue weighted by Crippen LogP contribution is 2.36. The molecule has 7 nitrogen and oxygen atoms in total. The van der Waals surface area contributed by atoms with E-state index in [-0.39, 0.29) is 28.2 Å². The van der Waals surface area contributed by atoms with Crippen molar-refractivity contribution in [2.75, 3.05) is 0 Å². The summed E-state index contributed by atoms with van der Waals surface area (Å²) in [7, 11) is 0. The quantitative estimate of drug-likeness (QED) is 0.631. The minimum Gasteiger partial charge on any atom is -0.415 e. The molecule has 2 rings (SSSR count). The lowest BCUT2D eigenvalue weighted by Crippen LogP contribution is -1.97. The molecule has 1 aromatic heterocycles. The van der Waals surface area contributed by atoms with E-state index in [1.165, 1.54) is 30.5 Å². The maximum Gasteiger partial charge on any atom is 0.323 e. The summed E-state index contributed by atoms with van der Waals surface area (Å²) >= 11 is 5.85. The summed E-state index contributed by atoms with van der Waals surface area (Å²) < 4.78 is 5.20. The zero-order chi connectivity index (χ0) is 13.8. The zero-order valence-electron chi connectivity index (χ0n) is 9.28. The van der Waals surface area contributed by atoms with Gasteiger partial charge in [0.05, 0.1) is 9.95 Å². The molecule has 0 aliphatic rings. The molecule has 0 saturated heterocycles. The van der Waals surface area contributed by atoms with Crippen molar-refractivity contribution in [1.29, 1.82) is 5.26 Å². The average Bonchev–Trinajstić information content (AvgIpc) is 2.41. The van der Waals surface area contributed by atoms with Gasteiger partial charge in [-0.3, -0.25) is 10.1 Å². The van der Waals surface area contributed by atoms with Crippen molar-refractivity contribution in [3.05, 3.63) is 51.3 Å². The Kier molecular flexibility index (Phi) is 3.54. The van der Waals surface area contributed by atoms with Gasteiger partial charge in [-0.1, -0.05) is 17.7 Å². The summed E-state index contributed by atoms with van der Waals surface area (Å²) in [6.45, 7) is 0. The highest BCUT2D eigenvalue weighted by Gasteiger charge is 2.20.